The molecule has 0 spiro atoms. The van der Waals surface area contributed by atoms with Crippen molar-refractivity contribution in [3.8, 4) is 11.8 Å². The van der Waals surface area contributed by atoms with Crippen LogP contribution in [0, 0.1) is 11.3 Å². The standard InChI is InChI=1S/C17H16N2O2S/c1-21-16-8-3-2-7-15(16)19-17(20)12-22-11-14-6-4-5-13(9-14)10-18/h2-9H,11-12H2,1H3,(H,19,20). The summed E-state index contributed by atoms with van der Waals surface area (Å²) in [6, 6.07) is 16.8. The highest BCUT2D eigenvalue weighted by molar-refractivity contribution is 7.99. The fourth-order valence-corrected chi connectivity index (χ4v) is 2.70. The zero-order chi connectivity index (χ0) is 15.8. The van der Waals surface area contributed by atoms with E-state index in [2.05, 4.69) is 11.4 Å². The van der Waals surface area contributed by atoms with Crippen LogP contribution >= 0.6 is 11.8 Å². The molecule has 0 atom stereocenters. The predicted octanol–water partition coefficient (Wildman–Crippen LogP) is 3.44. The zero-order valence-corrected chi connectivity index (χ0v) is 13.0. The average molecular weight is 312 g/mol. The first-order valence-corrected chi connectivity index (χ1v) is 7.88. The molecule has 1 amide bonds. The van der Waals surface area contributed by atoms with Gasteiger partial charge in [0.2, 0.25) is 5.91 Å². The molecule has 2 rings (SSSR count). The van der Waals surface area contributed by atoms with Crippen LogP contribution in [0.4, 0.5) is 5.69 Å². The van der Waals surface area contributed by atoms with Crippen molar-refractivity contribution >= 4 is 23.4 Å². The minimum Gasteiger partial charge on any atom is -0.495 e. The minimum atomic E-state index is -0.0778. The molecule has 0 bridgehead atoms. The molecular weight excluding hydrogens is 296 g/mol. The number of amides is 1. The second kappa shape index (κ2) is 8.11. The van der Waals surface area contributed by atoms with Gasteiger partial charge in [-0.1, -0.05) is 24.3 Å². The minimum absolute atomic E-state index is 0.0778. The number of carbonyl (C=O) groups is 1. The quantitative estimate of drug-likeness (QED) is 0.887. The number of hydrogen-bond donors (Lipinski definition) is 1. The maximum absolute atomic E-state index is 12.0. The summed E-state index contributed by atoms with van der Waals surface area (Å²) in [6.45, 7) is 0. The largest absolute Gasteiger partial charge is 0.495 e. The highest BCUT2D eigenvalue weighted by atomic mass is 32.2. The number of benzene rings is 2. The van der Waals surface area contributed by atoms with E-state index >= 15 is 0 Å². The van der Waals surface area contributed by atoms with Crippen LogP contribution in [0.1, 0.15) is 11.1 Å². The Morgan fingerprint density at radius 3 is 2.86 bits per heavy atom. The van der Waals surface area contributed by atoms with E-state index in [1.165, 1.54) is 11.8 Å². The summed E-state index contributed by atoms with van der Waals surface area (Å²) in [5.74, 6) is 1.59. The van der Waals surface area contributed by atoms with Crippen molar-refractivity contribution in [2.45, 2.75) is 5.75 Å². The monoisotopic (exact) mass is 312 g/mol. The summed E-state index contributed by atoms with van der Waals surface area (Å²) < 4.78 is 5.19. The van der Waals surface area contributed by atoms with Gasteiger partial charge in [0.15, 0.2) is 0 Å². The summed E-state index contributed by atoms with van der Waals surface area (Å²) in [5, 5.41) is 11.7. The molecule has 0 aliphatic heterocycles. The Balaban J connectivity index is 1.84. The van der Waals surface area contributed by atoms with Gasteiger partial charge in [0, 0.05) is 5.75 Å². The highest BCUT2D eigenvalue weighted by Gasteiger charge is 2.07. The Labute approximate surface area is 134 Å². The molecule has 112 valence electrons. The predicted molar refractivity (Wildman–Crippen MR) is 88.9 cm³/mol. The van der Waals surface area contributed by atoms with Crippen LogP contribution in [0.5, 0.6) is 5.75 Å². The summed E-state index contributed by atoms with van der Waals surface area (Å²) >= 11 is 1.50. The summed E-state index contributed by atoms with van der Waals surface area (Å²) in [6.07, 6.45) is 0. The molecular formula is C17H16N2O2S. The average Bonchev–Trinajstić information content (AvgIpc) is 2.55. The van der Waals surface area contributed by atoms with Gasteiger partial charge in [0.1, 0.15) is 5.75 Å². The highest BCUT2D eigenvalue weighted by Crippen LogP contribution is 2.23. The van der Waals surface area contributed by atoms with Gasteiger partial charge < -0.3 is 10.1 Å². The Hall–Kier alpha value is -2.45. The van der Waals surface area contributed by atoms with Crippen LogP contribution in [0.25, 0.3) is 0 Å². The van der Waals surface area contributed by atoms with E-state index in [0.29, 0.717) is 28.5 Å². The van der Waals surface area contributed by atoms with Crippen molar-refractivity contribution in [2.24, 2.45) is 0 Å². The number of anilines is 1. The second-order valence-corrected chi connectivity index (χ2v) is 5.54. The molecule has 0 heterocycles. The second-order valence-electron chi connectivity index (χ2n) is 4.55. The Bertz CT molecular complexity index is 695. The van der Waals surface area contributed by atoms with E-state index in [-0.39, 0.29) is 5.91 Å². The molecule has 0 saturated heterocycles. The maximum Gasteiger partial charge on any atom is 0.234 e. The Kier molecular flexibility index (Phi) is 5.87. The van der Waals surface area contributed by atoms with Crippen LogP contribution in [-0.2, 0) is 10.5 Å². The first-order chi connectivity index (χ1) is 10.7. The Morgan fingerprint density at radius 1 is 1.27 bits per heavy atom. The van der Waals surface area contributed by atoms with Gasteiger partial charge in [-0.25, -0.2) is 0 Å². The molecule has 0 unspecified atom stereocenters. The molecule has 2 aromatic rings. The molecule has 0 saturated carbocycles. The lowest BCUT2D eigenvalue weighted by molar-refractivity contribution is -0.113. The van der Waals surface area contributed by atoms with E-state index in [9.17, 15) is 4.79 Å². The van der Waals surface area contributed by atoms with Crippen LogP contribution < -0.4 is 10.1 Å². The van der Waals surface area contributed by atoms with Crippen molar-refractivity contribution in [3.63, 3.8) is 0 Å². The zero-order valence-electron chi connectivity index (χ0n) is 12.2. The number of carbonyl (C=O) groups excluding carboxylic acids is 1. The van der Waals surface area contributed by atoms with Crippen molar-refractivity contribution in [2.75, 3.05) is 18.2 Å². The molecule has 1 N–H and O–H groups in total. The number of thioether (sulfide) groups is 1. The van der Waals surface area contributed by atoms with Gasteiger partial charge in [0.25, 0.3) is 0 Å². The molecule has 2 aromatic carbocycles. The van der Waals surface area contributed by atoms with Crippen LogP contribution in [0.15, 0.2) is 48.5 Å². The summed E-state index contributed by atoms with van der Waals surface area (Å²) in [5.41, 5.74) is 2.34. The molecule has 22 heavy (non-hydrogen) atoms. The van der Waals surface area contributed by atoms with Crippen molar-refractivity contribution in [1.82, 2.24) is 0 Å². The molecule has 0 aliphatic rings. The van der Waals surface area contributed by atoms with E-state index in [1.54, 1.807) is 25.3 Å². The molecule has 0 aromatic heterocycles. The van der Waals surface area contributed by atoms with Gasteiger partial charge in [-0.3, -0.25) is 4.79 Å². The molecule has 0 aliphatic carbocycles. The van der Waals surface area contributed by atoms with E-state index < -0.39 is 0 Å². The summed E-state index contributed by atoms with van der Waals surface area (Å²) in [4.78, 5) is 12.0. The number of rotatable bonds is 6. The van der Waals surface area contributed by atoms with Crippen molar-refractivity contribution in [1.29, 1.82) is 5.26 Å². The Morgan fingerprint density at radius 2 is 2.09 bits per heavy atom. The van der Waals surface area contributed by atoms with Crippen molar-refractivity contribution in [3.05, 3.63) is 59.7 Å². The van der Waals surface area contributed by atoms with Crippen LogP contribution in [0.2, 0.25) is 0 Å². The van der Waals surface area contributed by atoms with Crippen LogP contribution in [0.3, 0.4) is 0 Å². The van der Waals surface area contributed by atoms with Gasteiger partial charge in [0.05, 0.1) is 30.2 Å². The molecule has 0 radical (unpaired) electrons. The first-order valence-electron chi connectivity index (χ1n) is 6.72. The lowest BCUT2D eigenvalue weighted by atomic mass is 10.2. The summed E-state index contributed by atoms with van der Waals surface area (Å²) in [7, 11) is 1.57. The number of nitrogens with zero attached hydrogens (tertiary/aromatic N) is 1. The lowest BCUT2D eigenvalue weighted by Crippen LogP contribution is -2.14. The number of ether oxygens (including phenoxy) is 1. The van der Waals surface area contributed by atoms with Gasteiger partial charge in [-0.05, 0) is 29.8 Å². The number of nitrogens with one attached hydrogen (secondary N) is 1. The van der Waals surface area contributed by atoms with Gasteiger partial charge in [-0.2, -0.15) is 5.26 Å². The van der Waals surface area contributed by atoms with Gasteiger partial charge >= 0.3 is 0 Å². The van der Waals surface area contributed by atoms with E-state index in [4.69, 9.17) is 10.00 Å². The number of nitriles is 1. The van der Waals surface area contributed by atoms with Crippen molar-refractivity contribution < 1.29 is 9.53 Å². The smallest absolute Gasteiger partial charge is 0.234 e. The third-order valence-electron chi connectivity index (χ3n) is 2.94. The topological polar surface area (TPSA) is 62.1 Å². The molecule has 0 fully saturated rings. The first kappa shape index (κ1) is 15.9. The number of hydrogen-bond acceptors (Lipinski definition) is 4. The molecule has 4 nitrogen and oxygen atoms in total. The van der Waals surface area contributed by atoms with E-state index in [1.807, 2.05) is 30.3 Å². The normalized spacial score (nSPS) is 9.82. The fraction of sp³-hybridized carbons (Fsp3) is 0.176. The van der Waals surface area contributed by atoms with E-state index in [0.717, 1.165) is 5.56 Å². The fourth-order valence-electron chi connectivity index (χ4n) is 1.93. The SMILES string of the molecule is COc1ccccc1NC(=O)CSCc1cccc(C#N)c1. The molecule has 5 heteroatoms. The number of methoxy groups -OCH3 is 1. The lowest BCUT2D eigenvalue weighted by Gasteiger charge is -2.09. The third-order valence-corrected chi connectivity index (χ3v) is 3.94. The van der Waals surface area contributed by atoms with Gasteiger partial charge in [-0.15, -0.1) is 11.8 Å². The maximum atomic E-state index is 12.0. The van der Waals surface area contributed by atoms with Crippen LogP contribution in [-0.4, -0.2) is 18.8 Å². The third kappa shape index (κ3) is 4.54. The number of para-hydroxylation sites is 2.